The van der Waals surface area contributed by atoms with Gasteiger partial charge in [-0.1, -0.05) is 11.6 Å². The Hall–Kier alpha value is -1.65. The van der Waals surface area contributed by atoms with E-state index in [1.807, 2.05) is 0 Å². The first-order valence-corrected chi connectivity index (χ1v) is 5.91. The van der Waals surface area contributed by atoms with Gasteiger partial charge < -0.3 is 9.84 Å². The predicted octanol–water partition coefficient (Wildman–Crippen LogP) is 2.76. The van der Waals surface area contributed by atoms with Crippen molar-refractivity contribution < 1.29 is 9.84 Å². The van der Waals surface area contributed by atoms with Crippen molar-refractivity contribution in [1.82, 2.24) is 9.97 Å². The monoisotopic (exact) mass is 264 g/mol. The Morgan fingerprint density at radius 1 is 1.33 bits per heavy atom. The standard InChI is InChI=1S/C13H13ClN2O2/c1-9(17)11-7-10(14)3-4-12(11)18-8-13-15-5-2-6-16-13/h2-7,9,17H,8H2,1H3/t9-/m1/s1. The van der Waals surface area contributed by atoms with Crippen LogP contribution in [0.25, 0.3) is 0 Å². The van der Waals surface area contributed by atoms with Crippen LogP contribution < -0.4 is 4.74 Å². The van der Waals surface area contributed by atoms with Crippen molar-refractivity contribution in [3.63, 3.8) is 0 Å². The number of aromatic nitrogens is 2. The number of rotatable bonds is 4. The predicted molar refractivity (Wildman–Crippen MR) is 68.4 cm³/mol. The van der Waals surface area contributed by atoms with Crippen LogP contribution in [0.4, 0.5) is 0 Å². The lowest BCUT2D eigenvalue weighted by Gasteiger charge is -2.13. The third-order valence-corrected chi connectivity index (χ3v) is 2.63. The smallest absolute Gasteiger partial charge is 0.166 e. The molecule has 0 fully saturated rings. The molecule has 0 radical (unpaired) electrons. The van der Waals surface area contributed by atoms with Crippen molar-refractivity contribution >= 4 is 11.6 Å². The summed E-state index contributed by atoms with van der Waals surface area (Å²) in [5, 5.41) is 10.2. The Morgan fingerprint density at radius 2 is 2.06 bits per heavy atom. The molecule has 0 aliphatic rings. The first-order valence-electron chi connectivity index (χ1n) is 5.53. The number of nitrogens with zero attached hydrogens (tertiary/aromatic N) is 2. The molecule has 0 amide bonds. The molecular weight excluding hydrogens is 252 g/mol. The van der Waals surface area contributed by atoms with Gasteiger partial charge in [-0.25, -0.2) is 9.97 Å². The van der Waals surface area contributed by atoms with Gasteiger partial charge in [-0.2, -0.15) is 0 Å². The minimum Gasteiger partial charge on any atom is -0.485 e. The van der Waals surface area contributed by atoms with E-state index in [1.54, 1.807) is 43.6 Å². The van der Waals surface area contributed by atoms with Crippen molar-refractivity contribution in [2.24, 2.45) is 0 Å². The van der Waals surface area contributed by atoms with E-state index in [0.717, 1.165) is 0 Å². The molecule has 0 saturated carbocycles. The van der Waals surface area contributed by atoms with Crippen LogP contribution in [-0.4, -0.2) is 15.1 Å². The zero-order chi connectivity index (χ0) is 13.0. The average molecular weight is 265 g/mol. The van der Waals surface area contributed by atoms with Gasteiger partial charge in [0.1, 0.15) is 12.4 Å². The SMILES string of the molecule is C[C@@H](O)c1cc(Cl)ccc1OCc1ncccn1. The van der Waals surface area contributed by atoms with Crippen LogP contribution in [0.2, 0.25) is 5.02 Å². The van der Waals surface area contributed by atoms with Gasteiger partial charge in [-0.3, -0.25) is 0 Å². The van der Waals surface area contributed by atoms with Gasteiger partial charge in [0.25, 0.3) is 0 Å². The Labute approximate surface area is 110 Å². The fourth-order valence-corrected chi connectivity index (χ4v) is 1.70. The first kappa shape index (κ1) is 12.8. The number of aliphatic hydroxyl groups is 1. The lowest BCUT2D eigenvalue weighted by atomic mass is 10.1. The second-order valence-electron chi connectivity index (χ2n) is 3.81. The molecule has 0 aliphatic carbocycles. The normalized spacial score (nSPS) is 12.2. The lowest BCUT2D eigenvalue weighted by molar-refractivity contribution is 0.189. The quantitative estimate of drug-likeness (QED) is 0.923. The van der Waals surface area contributed by atoms with Crippen LogP contribution >= 0.6 is 11.6 Å². The molecule has 1 N–H and O–H groups in total. The Balaban J connectivity index is 2.14. The lowest BCUT2D eigenvalue weighted by Crippen LogP contribution is -2.03. The highest BCUT2D eigenvalue weighted by molar-refractivity contribution is 6.30. The van der Waals surface area contributed by atoms with Gasteiger partial charge in [0.2, 0.25) is 0 Å². The molecule has 1 atom stereocenters. The summed E-state index contributed by atoms with van der Waals surface area (Å²) in [6.07, 6.45) is 2.67. The molecule has 18 heavy (non-hydrogen) atoms. The molecule has 0 spiro atoms. The largest absolute Gasteiger partial charge is 0.485 e. The summed E-state index contributed by atoms with van der Waals surface area (Å²) in [7, 11) is 0. The van der Waals surface area contributed by atoms with Crippen molar-refractivity contribution in [2.45, 2.75) is 19.6 Å². The third kappa shape index (κ3) is 3.18. The van der Waals surface area contributed by atoms with E-state index < -0.39 is 6.10 Å². The number of benzene rings is 1. The summed E-state index contributed by atoms with van der Waals surface area (Å²) in [4.78, 5) is 8.12. The van der Waals surface area contributed by atoms with Crippen LogP contribution in [0.1, 0.15) is 24.4 Å². The molecule has 0 unspecified atom stereocenters. The molecule has 1 heterocycles. The van der Waals surface area contributed by atoms with Crippen LogP contribution in [0, 0.1) is 0 Å². The second kappa shape index (κ2) is 5.80. The van der Waals surface area contributed by atoms with Crippen LogP contribution in [0.5, 0.6) is 5.75 Å². The summed E-state index contributed by atoms with van der Waals surface area (Å²) in [5.74, 6) is 1.17. The number of hydrogen-bond donors (Lipinski definition) is 1. The van der Waals surface area contributed by atoms with Gasteiger partial charge in [0.05, 0.1) is 6.10 Å². The van der Waals surface area contributed by atoms with Crippen molar-refractivity contribution in [3.05, 3.63) is 53.1 Å². The topological polar surface area (TPSA) is 55.2 Å². The molecule has 0 aliphatic heterocycles. The highest BCUT2D eigenvalue weighted by Crippen LogP contribution is 2.28. The van der Waals surface area contributed by atoms with Crippen molar-refractivity contribution in [2.75, 3.05) is 0 Å². The van der Waals surface area contributed by atoms with Gasteiger partial charge >= 0.3 is 0 Å². The molecule has 5 heteroatoms. The van der Waals surface area contributed by atoms with Gasteiger partial charge in [-0.05, 0) is 31.2 Å². The highest BCUT2D eigenvalue weighted by atomic mass is 35.5. The summed E-state index contributed by atoms with van der Waals surface area (Å²) in [5.41, 5.74) is 0.651. The molecule has 2 aromatic rings. The maximum absolute atomic E-state index is 9.66. The number of hydrogen-bond acceptors (Lipinski definition) is 4. The van der Waals surface area contributed by atoms with E-state index in [9.17, 15) is 5.11 Å². The molecule has 94 valence electrons. The molecule has 1 aromatic carbocycles. The molecule has 0 bridgehead atoms. The summed E-state index contributed by atoms with van der Waals surface area (Å²) < 4.78 is 5.60. The van der Waals surface area contributed by atoms with E-state index in [2.05, 4.69) is 9.97 Å². The fourth-order valence-electron chi connectivity index (χ4n) is 1.52. The van der Waals surface area contributed by atoms with Gasteiger partial charge in [0.15, 0.2) is 5.82 Å². The minimum atomic E-state index is -0.643. The fraction of sp³-hybridized carbons (Fsp3) is 0.231. The molecular formula is C13H13ClN2O2. The zero-order valence-corrected chi connectivity index (χ0v) is 10.6. The molecule has 0 saturated heterocycles. The minimum absolute atomic E-state index is 0.252. The number of ether oxygens (including phenoxy) is 1. The molecule has 4 nitrogen and oxygen atoms in total. The first-order chi connectivity index (χ1) is 8.66. The van der Waals surface area contributed by atoms with Gasteiger partial charge in [0, 0.05) is 23.0 Å². The van der Waals surface area contributed by atoms with Crippen LogP contribution in [0.3, 0.4) is 0 Å². The molecule has 1 aromatic heterocycles. The number of halogens is 1. The summed E-state index contributed by atoms with van der Waals surface area (Å²) in [6.45, 7) is 1.92. The zero-order valence-electron chi connectivity index (χ0n) is 9.88. The Kier molecular flexibility index (Phi) is 4.12. The average Bonchev–Trinajstić information content (AvgIpc) is 2.38. The molecule has 2 rings (SSSR count). The van der Waals surface area contributed by atoms with E-state index in [-0.39, 0.29) is 6.61 Å². The third-order valence-electron chi connectivity index (χ3n) is 2.40. The van der Waals surface area contributed by atoms with Gasteiger partial charge in [-0.15, -0.1) is 0 Å². The van der Waals surface area contributed by atoms with E-state index >= 15 is 0 Å². The maximum atomic E-state index is 9.66. The van der Waals surface area contributed by atoms with Crippen molar-refractivity contribution in [1.29, 1.82) is 0 Å². The second-order valence-corrected chi connectivity index (χ2v) is 4.25. The van der Waals surface area contributed by atoms with E-state index in [4.69, 9.17) is 16.3 Å². The van der Waals surface area contributed by atoms with Crippen LogP contribution in [-0.2, 0) is 6.61 Å². The summed E-state index contributed by atoms with van der Waals surface area (Å²) in [6, 6.07) is 6.88. The van der Waals surface area contributed by atoms with Crippen LogP contribution in [0.15, 0.2) is 36.7 Å². The maximum Gasteiger partial charge on any atom is 0.166 e. The number of aliphatic hydroxyl groups excluding tert-OH is 1. The van der Waals surface area contributed by atoms with E-state index in [0.29, 0.717) is 22.2 Å². The van der Waals surface area contributed by atoms with Crippen molar-refractivity contribution in [3.8, 4) is 5.75 Å². The Bertz CT molecular complexity index is 518. The van der Waals surface area contributed by atoms with E-state index in [1.165, 1.54) is 0 Å². The summed E-state index contributed by atoms with van der Waals surface area (Å²) >= 11 is 5.89. The Morgan fingerprint density at radius 3 is 2.72 bits per heavy atom. The highest BCUT2D eigenvalue weighted by Gasteiger charge is 2.10.